The first kappa shape index (κ1) is 21.9. The van der Waals surface area contributed by atoms with Gasteiger partial charge < -0.3 is 10.6 Å². The molecule has 0 heterocycles. The number of hydrogen-bond donors (Lipinski definition) is 2. The average Bonchev–Trinajstić information content (AvgIpc) is 2.75. The molecule has 0 aliphatic carbocycles. The van der Waals surface area contributed by atoms with Crippen LogP contribution in [0, 0.1) is 17.0 Å². The fourth-order valence-corrected chi connectivity index (χ4v) is 3.13. The molecule has 3 aromatic rings. The van der Waals surface area contributed by atoms with Gasteiger partial charge in [0, 0.05) is 22.2 Å². The fraction of sp³-hybridized carbons (Fsp3) is 0.0435. The number of carbonyl (C=O) groups excluding carboxylic acids is 2. The van der Waals surface area contributed by atoms with Crippen LogP contribution >= 0.6 is 15.9 Å². The number of benzene rings is 3. The molecule has 0 aromatic heterocycles. The molecule has 0 saturated heterocycles. The first-order valence-corrected chi connectivity index (χ1v) is 10.0. The smallest absolute Gasteiger partial charge is 0.272 e. The lowest BCUT2D eigenvalue weighted by Gasteiger charge is -2.12. The SMILES string of the molecule is Cc1cccc(C(=O)N/C(=C\c2ccc([N+](=O)[O-])cc2)C(=O)Nc2ccccc2Br)c1. The highest BCUT2D eigenvalue weighted by Crippen LogP contribution is 2.22. The van der Waals surface area contributed by atoms with Crippen molar-refractivity contribution in [2.45, 2.75) is 6.92 Å². The van der Waals surface area contributed by atoms with E-state index < -0.39 is 16.7 Å². The molecule has 0 saturated carbocycles. The summed E-state index contributed by atoms with van der Waals surface area (Å²) < 4.78 is 0.683. The van der Waals surface area contributed by atoms with Crippen molar-refractivity contribution in [1.29, 1.82) is 0 Å². The minimum Gasteiger partial charge on any atom is -0.320 e. The standard InChI is InChI=1S/C23H18BrN3O4/c1-15-5-4-6-17(13-15)22(28)26-21(14-16-9-11-18(12-10-16)27(30)31)23(29)25-20-8-3-2-7-19(20)24/h2-14H,1H3,(H,25,29)(H,26,28)/b21-14-. The number of carbonyl (C=O) groups is 2. The third-order valence-electron chi connectivity index (χ3n) is 4.31. The lowest BCUT2D eigenvalue weighted by Crippen LogP contribution is -2.30. The van der Waals surface area contributed by atoms with E-state index in [1.807, 2.05) is 19.1 Å². The van der Waals surface area contributed by atoms with Gasteiger partial charge in [-0.05, 0) is 70.9 Å². The van der Waals surface area contributed by atoms with Crippen molar-refractivity contribution in [2.24, 2.45) is 0 Å². The van der Waals surface area contributed by atoms with Gasteiger partial charge in [-0.2, -0.15) is 0 Å². The molecule has 0 aliphatic heterocycles. The number of anilines is 1. The summed E-state index contributed by atoms with van der Waals surface area (Å²) in [7, 11) is 0. The molecule has 8 heteroatoms. The Labute approximate surface area is 187 Å². The lowest BCUT2D eigenvalue weighted by atomic mass is 10.1. The summed E-state index contributed by atoms with van der Waals surface area (Å²) in [5.74, 6) is -0.981. The summed E-state index contributed by atoms with van der Waals surface area (Å²) in [6, 6.07) is 19.7. The van der Waals surface area contributed by atoms with Crippen LogP contribution in [0.25, 0.3) is 6.08 Å². The highest BCUT2D eigenvalue weighted by atomic mass is 79.9. The highest BCUT2D eigenvalue weighted by molar-refractivity contribution is 9.10. The van der Waals surface area contributed by atoms with Crippen LogP contribution in [0.15, 0.2) is 83.0 Å². The van der Waals surface area contributed by atoms with Crippen LogP contribution in [0.4, 0.5) is 11.4 Å². The lowest BCUT2D eigenvalue weighted by molar-refractivity contribution is -0.384. The molecule has 156 valence electrons. The number of amides is 2. The van der Waals surface area contributed by atoms with Gasteiger partial charge in [-0.3, -0.25) is 19.7 Å². The number of hydrogen-bond acceptors (Lipinski definition) is 4. The molecule has 0 fully saturated rings. The van der Waals surface area contributed by atoms with Crippen molar-refractivity contribution in [3.63, 3.8) is 0 Å². The third kappa shape index (κ3) is 5.86. The first-order chi connectivity index (χ1) is 14.8. The number of para-hydroxylation sites is 1. The zero-order chi connectivity index (χ0) is 22.4. The molecule has 3 rings (SSSR count). The van der Waals surface area contributed by atoms with Crippen molar-refractivity contribution in [1.82, 2.24) is 5.32 Å². The number of non-ortho nitro benzene ring substituents is 1. The molecular weight excluding hydrogens is 462 g/mol. The maximum absolute atomic E-state index is 13.0. The molecule has 0 spiro atoms. The normalized spacial score (nSPS) is 11.0. The number of rotatable bonds is 6. The summed E-state index contributed by atoms with van der Waals surface area (Å²) in [6.07, 6.45) is 1.46. The molecule has 0 aliphatic rings. The molecule has 2 N–H and O–H groups in total. The van der Waals surface area contributed by atoms with Crippen LogP contribution in [-0.4, -0.2) is 16.7 Å². The molecule has 7 nitrogen and oxygen atoms in total. The second-order valence-corrected chi connectivity index (χ2v) is 7.52. The van der Waals surface area contributed by atoms with Gasteiger partial charge in [0.25, 0.3) is 17.5 Å². The summed E-state index contributed by atoms with van der Waals surface area (Å²) in [5.41, 5.74) is 2.30. The molecule has 0 atom stereocenters. The van der Waals surface area contributed by atoms with Gasteiger partial charge in [0.2, 0.25) is 0 Å². The summed E-state index contributed by atoms with van der Waals surface area (Å²) >= 11 is 3.37. The van der Waals surface area contributed by atoms with E-state index in [0.717, 1.165) is 5.56 Å². The van der Waals surface area contributed by atoms with Gasteiger partial charge in [0.15, 0.2) is 0 Å². The van der Waals surface area contributed by atoms with Gasteiger partial charge in [0.05, 0.1) is 10.6 Å². The van der Waals surface area contributed by atoms with Crippen LogP contribution in [-0.2, 0) is 4.79 Å². The van der Waals surface area contributed by atoms with E-state index in [1.165, 1.54) is 30.3 Å². The Hall–Kier alpha value is -3.78. The van der Waals surface area contributed by atoms with E-state index in [-0.39, 0.29) is 11.4 Å². The molecule has 2 amide bonds. The third-order valence-corrected chi connectivity index (χ3v) is 5.00. The summed E-state index contributed by atoms with van der Waals surface area (Å²) in [6.45, 7) is 1.87. The number of nitrogens with zero attached hydrogens (tertiary/aromatic N) is 1. The van der Waals surface area contributed by atoms with Gasteiger partial charge in [0.1, 0.15) is 5.70 Å². The van der Waals surface area contributed by atoms with E-state index in [2.05, 4.69) is 26.6 Å². The van der Waals surface area contributed by atoms with E-state index in [9.17, 15) is 19.7 Å². The maximum Gasteiger partial charge on any atom is 0.272 e. The van der Waals surface area contributed by atoms with E-state index >= 15 is 0 Å². The molecule has 0 bridgehead atoms. The number of nitro groups is 1. The van der Waals surface area contributed by atoms with Crippen LogP contribution < -0.4 is 10.6 Å². The second kappa shape index (κ2) is 9.82. The number of halogens is 1. The predicted molar refractivity (Wildman–Crippen MR) is 122 cm³/mol. The first-order valence-electron chi connectivity index (χ1n) is 9.23. The van der Waals surface area contributed by atoms with Crippen molar-refractivity contribution in [2.75, 3.05) is 5.32 Å². The molecule has 3 aromatic carbocycles. The van der Waals surface area contributed by atoms with Crippen LogP contribution in [0.2, 0.25) is 0 Å². The molecular formula is C23H18BrN3O4. The van der Waals surface area contributed by atoms with Gasteiger partial charge in [-0.15, -0.1) is 0 Å². The van der Waals surface area contributed by atoms with Crippen molar-refractivity contribution >= 4 is 45.2 Å². The van der Waals surface area contributed by atoms with E-state index in [0.29, 0.717) is 21.3 Å². The van der Waals surface area contributed by atoms with Crippen LogP contribution in [0.3, 0.4) is 0 Å². The topological polar surface area (TPSA) is 101 Å². The Morgan fingerprint density at radius 2 is 1.71 bits per heavy atom. The Balaban J connectivity index is 1.92. The van der Waals surface area contributed by atoms with Crippen LogP contribution in [0.5, 0.6) is 0 Å². The zero-order valence-electron chi connectivity index (χ0n) is 16.5. The second-order valence-electron chi connectivity index (χ2n) is 6.66. The molecule has 0 unspecified atom stereocenters. The average molecular weight is 480 g/mol. The largest absolute Gasteiger partial charge is 0.320 e. The minimum absolute atomic E-state index is 0.00360. The quantitative estimate of drug-likeness (QED) is 0.292. The van der Waals surface area contributed by atoms with Gasteiger partial charge in [-0.1, -0.05) is 29.8 Å². The molecule has 31 heavy (non-hydrogen) atoms. The Morgan fingerprint density at radius 3 is 2.35 bits per heavy atom. The fourth-order valence-electron chi connectivity index (χ4n) is 2.75. The zero-order valence-corrected chi connectivity index (χ0v) is 18.0. The minimum atomic E-state index is -0.536. The Morgan fingerprint density at radius 1 is 1.00 bits per heavy atom. The maximum atomic E-state index is 13.0. The van der Waals surface area contributed by atoms with E-state index in [4.69, 9.17) is 0 Å². The highest BCUT2D eigenvalue weighted by Gasteiger charge is 2.16. The summed E-state index contributed by atoms with van der Waals surface area (Å²) in [4.78, 5) is 36.1. The van der Waals surface area contributed by atoms with Gasteiger partial charge in [-0.25, -0.2) is 0 Å². The monoisotopic (exact) mass is 479 g/mol. The van der Waals surface area contributed by atoms with Crippen molar-refractivity contribution in [3.05, 3.63) is 110 Å². The number of nitrogens with one attached hydrogen (secondary N) is 2. The van der Waals surface area contributed by atoms with Crippen molar-refractivity contribution < 1.29 is 14.5 Å². The Kier molecular flexibility index (Phi) is 6.94. The van der Waals surface area contributed by atoms with Crippen molar-refractivity contribution in [3.8, 4) is 0 Å². The molecule has 0 radical (unpaired) electrons. The summed E-state index contributed by atoms with van der Waals surface area (Å²) in [5, 5.41) is 16.3. The predicted octanol–water partition coefficient (Wildman–Crippen LogP) is 5.08. The number of nitro benzene ring substituents is 1. The van der Waals surface area contributed by atoms with Crippen LogP contribution in [0.1, 0.15) is 21.5 Å². The van der Waals surface area contributed by atoms with E-state index in [1.54, 1.807) is 36.4 Å². The number of aryl methyl sites for hydroxylation is 1. The Bertz CT molecular complexity index is 1170. The van der Waals surface area contributed by atoms with Gasteiger partial charge >= 0.3 is 0 Å².